The van der Waals surface area contributed by atoms with Crippen molar-refractivity contribution in [1.29, 1.82) is 0 Å². The van der Waals surface area contributed by atoms with Gasteiger partial charge in [-0.3, -0.25) is 0 Å². The van der Waals surface area contributed by atoms with Crippen LogP contribution in [-0.4, -0.2) is 30.3 Å². The molecule has 1 aliphatic heterocycles. The number of rotatable bonds is 6. The first kappa shape index (κ1) is 13.9. The maximum absolute atomic E-state index is 5.84. The summed E-state index contributed by atoms with van der Waals surface area (Å²) in [5.41, 5.74) is 6.42. The van der Waals surface area contributed by atoms with Crippen LogP contribution in [0.5, 0.6) is 5.88 Å². The van der Waals surface area contributed by atoms with Gasteiger partial charge in [0.15, 0.2) is 0 Å². The molecule has 0 spiro atoms. The summed E-state index contributed by atoms with van der Waals surface area (Å²) < 4.78 is 11.2. The molecular formula is C14H23N3O2. The smallest absolute Gasteiger partial charge is 0.239 e. The van der Waals surface area contributed by atoms with Crippen LogP contribution in [0.25, 0.3) is 0 Å². The average molecular weight is 265 g/mol. The molecule has 2 rings (SSSR count). The molecule has 2 unspecified atom stereocenters. The largest absolute Gasteiger partial charge is 0.476 e. The van der Waals surface area contributed by atoms with Crippen LogP contribution >= 0.6 is 0 Å². The van der Waals surface area contributed by atoms with Crippen molar-refractivity contribution in [3.63, 3.8) is 0 Å². The number of nitrogens with one attached hydrogen (secondary N) is 1. The summed E-state index contributed by atoms with van der Waals surface area (Å²) in [6.07, 6.45) is 3.43. The van der Waals surface area contributed by atoms with Crippen molar-refractivity contribution >= 4 is 11.5 Å². The van der Waals surface area contributed by atoms with Crippen LogP contribution in [-0.2, 0) is 4.74 Å². The van der Waals surface area contributed by atoms with E-state index in [1.54, 1.807) is 0 Å². The number of pyridine rings is 1. The Kier molecular flexibility index (Phi) is 4.85. The number of hydrogen-bond acceptors (Lipinski definition) is 5. The summed E-state index contributed by atoms with van der Waals surface area (Å²) in [5, 5.41) is 3.36. The van der Waals surface area contributed by atoms with E-state index in [1.165, 1.54) is 0 Å². The number of anilines is 2. The van der Waals surface area contributed by atoms with Crippen LogP contribution in [0, 0.1) is 0 Å². The van der Waals surface area contributed by atoms with Gasteiger partial charge in [0, 0.05) is 6.61 Å². The molecule has 0 bridgehead atoms. The molecular weight excluding hydrogens is 242 g/mol. The molecule has 2 atom stereocenters. The molecule has 2 heterocycles. The molecule has 0 aliphatic carbocycles. The lowest BCUT2D eigenvalue weighted by Crippen LogP contribution is -2.30. The quantitative estimate of drug-likeness (QED) is 0.826. The van der Waals surface area contributed by atoms with Crippen LogP contribution in [0.1, 0.15) is 33.1 Å². The molecule has 1 fully saturated rings. The van der Waals surface area contributed by atoms with Crippen LogP contribution in [0.2, 0.25) is 0 Å². The van der Waals surface area contributed by atoms with Crippen molar-refractivity contribution in [1.82, 2.24) is 4.98 Å². The third-order valence-corrected chi connectivity index (χ3v) is 3.23. The second-order valence-corrected chi connectivity index (χ2v) is 4.92. The van der Waals surface area contributed by atoms with Gasteiger partial charge in [0.25, 0.3) is 0 Å². The SMILES string of the molecule is CCCOc1nc(NC(C)C2CCCO2)ccc1N. The van der Waals surface area contributed by atoms with Crippen molar-refractivity contribution in [2.75, 3.05) is 24.3 Å². The number of hydrogen-bond donors (Lipinski definition) is 2. The van der Waals surface area contributed by atoms with Crippen LogP contribution in [0.15, 0.2) is 12.1 Å². The van der Waals surface area contributed by atoms with Crippen LogP contribution < -0.4 is 15.8 Å². The third kappa shape index (κ3) is 3.73. The molecule has 5 nitrogen and oxygen atoms in total. The zero-order valence-electron chi connectivity index (χ0n) is 11.7. The van der Waals surface area contributed by atoms with E-state index >= 15 is 0 Å². The Balaban J connectivity index is 1.99. The highest BCUT2D eigenvalue weighted by Gasteiger charge is 2.22. The first-order valence-corrected chi connectivity index (χ1v) is 6.98. The van der Waals surface area contributed by atoms with E-state index in [4.69, 9.17) is 15.2 Å². The fourth-order valence-corrected chi connectivity index (χ4v) is 2.17. The molecule has 1 aromatic heterocycles. The maximum atomic E-state index is 5.84. The van der Waals surface area contributed by atoms with E-state index in [-0.39, 0.29) is 12.1 Å². The van der Waals surface area contributed by atoms with Gasteiger partial charge in [-0.2, -0.15) is 4.98 Å². The van der Waals surface area contributed by atoms with Gasteiger partial charge in [0.05, 0.1) is 24.4 Å². The van der Waals surface area contributed by atoms with E-state index in [0.717, 1.165) is 31.7 Å². The Bertz CT molecular complexity index is 406. The van der Waals surface area contributed by atoms with Gasteiger partial charge >= 0.3 is 0 Å². The lowest BCUT2D eigenvalue weighted by atomic mass is 10.1. The Hall–Kier alpha value is -1.49. The van der Waals surface area contributed by atoms with Crippen LogP contribution in [0.3, 0.4) is 0 Å². The second-order valence-electron chi connectivity index (χ2n) is 4.92. The summed E-state index contributed by atoms with van der Waals surface area (Å²) in [5.74, 6) is 1.29. The summed E-state index contributed by atoms with van der Waals surface area (Å²) in [4.78, 5) is 4.41. The standard InChI is InChI=1S/C14H23N3O2/c1-3-8-19-14-11(15)6-7-13(17-14)16-10(2)12-5-4-9-18-12/h6-7,10,12H,3-5,8-9,15H2,1-2H3,(H,16,17). The molecule has 1 aromatic rings. The minimum Gasteiger partial charge on any atom is -0.476 e. The first-order valence-electron chi connectivity index (χ1n) is 6.98. The Morgan fingerprint density at radius 3 is 3.11 bits per heavy atom. The summed E-state index contributed by atoms with van der Waals surface area (Å²) >= 11 is 0. The highest BCUT2D eigenvalue weighted by atomic mass is 16.5. The Labute approximate surface area is 114 Å². The number of aromatic nitrogens is 1. The number of nitrogen functional groups attached to an aromatic ring is 1. The molecule has 0 aromatic carbocycles. The third-order valence-electron chi connectivity index (χ3n) is 3.23. The fourth-order valence-electron chi connectivity index (χ4n) is 2.17. The maximum Gasteiger partial charge on any atom is 0.239 e. The number of nitrogens with zero attached hydrogens (tertiary/aromatic N) is 1. The highest BCUT2D eigenvalue weighted by molar-refractivity contribution is 5.53. The normalized spacial score (nSPS) is 20.2. The molecule has 106 valence electrons. The number of nitrogens with two attached hydrogens (primary N) is 1. The summed E-state index contributed by atoms with van der Waals surface area (Å²) in [6.45, 7) is 5.65. The topological polar surface area (TPSA) is 69.4 Å². The highest BCUT2D eigenvalue weighted by Crippen LogP contribution is 2.23. The molecule has 0 radical (unpaired) electrons. The van der Waals surface area contributed by atoms with Gasteiger partial charge in [-0.05, 0) is 38.3 Å². The average Bonchev–Trinajstić information content (AvgIpc) is 2.93. The lowest BCUT2D eigenvalue weighted by molar-refractivity contribution is 0.0995. The van der Waals surface area contributed by atoms with Gasteiger partial charge in [0.1, 0.15) is 5.82 Å². The molecule has 1 aliphatic rings. The minimum atomic E-state index is 0.234. The molecule has 3 N–H and O–H groups in total. The Morgan fingerprint density at radius 1 is 1.58 bits per heavy atom. The molecule has 5 heteroatoms. The first-order chi connectivity index (χ1) is 9.20. The predicted molar refractivity (Wildman–Crippen MR) is 76.5 cm³/mol. The van der Waals surface area contributed by atoms with Gasteiger partial charge in [-0.25, -0.2) is 0 Å². The second kappa shape index (κ2) is 6.61. The van der Waals surface area contributed by atoms with Gasteiger partial charge in [0.2, 0.25) is 5.88 Å². The van der Waals surface area contributed by atoms with Crippen molar-refractivity contribution < 1.29 is 9.47 Å². The molecule has 0 amide bonds. The predicted octanol–water partition coefficient (Wildman–Crippen LogP) is 2.43. The van der Waals surface area contributed by atoms with Crippen molar-refractivity contribution in [3.8, 4) is 5.88 Å². The van der Waals surface area contributed by atoms with Crippen molar-refractivity contribution in [2.24, 2.45) is 0 Å². The molecule has 0 saturated carbocycles. The van der Waals surface area contributed by atoms with E-state index in [1.807, 2.05) is 12.1 Å². The zero-order valence-corrected chi connectivity index (χ0v) is 11.7. The molecule has 1 saturated heterocycles. The summed E-state index contributed by atoms with van der Waals surface area (Å²) in [7, 11) is 0. The zero-order chi connectivity index (χ0) is 13.7. The van der Waals surface area contributed by atoms with Gasteiger partial charge < -0.3 is 20.5 Å². The van der Waals surface area contributed by atoms with E-state index < -0.39 is 0 Å². The molecule has 19 heavy (non-hydrogen) atoms. The van der Waals surface area contributed by atoms with Gasteiger partial charge in [-0.1, -0.05) is 6.92 Å². The van der Waals surface area contributed by atoms with Crippen molar-refractivity contribution in [3.05, 3.63) is 12.1 Å². The summed E-state index contributed by atoms with van der Waals surface area (Å²) in [6, 6.07) is 3.93. The minimum absolute atomic E-state index is 0.234. The number of ether oxygens (including phenoxy) is 2. The van der Waals surface area contributed by atoms with E-state index in [9.17, 15) is 0 Å². The van der Waals surface area contributed by atoms with E-state index in [0.29, 0.717) is 18.2 Å². The lowest BCUT2D eigenvalue weighted by Gasteiger charge is -2.21. The fraction of sp³-hybridized carbons (Fsp3) is 0.643. The van der Waals surface area contributed by atoms with Gasteiger partial charge in [-0.15, -0.1) is 0 Å². The Morgan fingerprint density at radius 2 is 2.42 bits per heavy atom. The van der Waals surface area contributed by atoms with Crippen molar-refractivity contribution in [2.45, 2.75) is 45.3 Å². The van der Waals surface area contributed by atoms with E-state index in [2.05, 4.69) is 24.1 Å². The monoisotopic (exact) mass is 265 g/mol. The van der Waals surface area contributed by atoms with Crippen LogP contribution in [0.4, 0.5) is 11.5 Å².